The molecule has 0 radical (unpaired) electrons. The van der Waals surface area contributed by atoms with E-state index < -0.39 is 12.0 Å². The van der Waals surface area contributed by atoms with Gasteiger partial charge >= 0.3 is 5.97 Å². The van der Waals surface area contributed by atoms with Gasteiger partial charge in [-0.3, -0.25) is 4.79 Å². The van der Waals surface area contributed by atoms with E-state index in [-0.39, 0.29) is 6.04 Å². The molecule has 0 aromatic heterocycles. The van der Waals surface area contributed by atoms with Crippen LogP contribution in [-0.2, 0) is 11.2 Å². The zero-order chi connectivity index (χ0) is 12.8. The number of nitrogens with two attached hydrogens (primary N) is 1. The molecule has 0 aliphatic carbocycles. The summed E-state index contributed by atoms with van der Waals surface area (Å²) in [6, 6.07) is 8.62. The van der Waals surface area contributed by atoms with Gasteiger partial charge in [-0.2, -0.15) is 0 Å². The van der Waals surface area contributed by atoms with Crippen LogP contribution >= 0.6 is 12.2 Å². The van der Waals surface area contributed by atoms with E-state index in [9.17, 15) is 4.79 Å². The molecule has 1 aromatic rings. The van der Waals surface area contributed by atoms with Gasteiger partial charge in [-0.1, -0.05) is 42.5 Å². The molecule has 0 aliphatic rings. The molecular weight excluding hydrogens is 236 g/mol. The fourth-order valence-corrected chi connectivity index (χ4v) is 1.60. The highest BCUT2D eigenvalue weighted by Gasteiger charge is 2.16. The van der Waals surface area contributed by atoms with Crippen molar-refractivity contribution >= 4 is 23.2 Å². The van der Waals surface area contributed by atoms with Gasteiger partial charge in [-0.25, -0.2) is 0 Å². The number of aliphatic carboxylic acids is 1. The molecule has 4 nitrogen and oxygen atoms in total. The van der Waals surface area contributed by atoms with Crippen molar-refractivity contribution in [3.63, 3.8) is 0 Å². The second kappa shape index (κ2) is 6.32. The maximum atomic E-state index is 10.7. The van der Waals surface area contributed by atoms with Crippen LogP contribution in [0.25, 0.3) is 0 Å². The minimum Gasteiger partial charge on any atom is -0.480 e. The van der Waals surface area contributed by atoms with Crippen LogP contribution in [0.15, 0.2) is 30.3 Å². The number of benzene rings is 1. The zero-order valence-corrected chi connectivity index (χ0v) is 10.4. The van der Waals surface area contributed by atoms with Crippen molar-refractivity contribution in [2.45, 2.75) is 25.4 Å². The molecule has 0 saturated carbocycles. The second-order valence-corrected chi connectivity index (χ2v) is 4.30. The van der Waals surface area contributed by atoms with E-state index >= 15 is 0 Å². The third-order valence-electron chi connectivity index (χ3n) is 2.36. The molecule has 0 saturated heterocycles. The summed E-state index contributed by atoms with van der Waals surface area (Å²) < 4.78 is 0. The first-order valence-corrected chi connectivity index (χ1v) is 5.74. The van der Waals surface area contributed by atoms with Crippen LogP contribution in [0, 0.1) is 0 Å². The van der Waals surface area contributed by atoms with Crippen molar-refractivity contribution in [3.05, 3.63) is 35.9 Å². The van der Waals surface area contributed by atoms with Gasteiger partial charge in [0.05, 0.1) is 11.0 Å². The van der Waals surface area contributed by atoms with Crippen LogP contribution in [0.5, 0.6) is 0 Å². The predicted octanol–water partition coefficient (Wildman–Crippen LogP) is 0.946. The number of hydrogen-bond donors (Lipinski definition) is 3. The van der Waals surface area contributed by atoms with E-state index in [4.69, 9.17) is 23.1 Å². The number of carbonyl (C=O) groups is 1. The Bertz CT molecular complexity index is 395. The Balaban J connectivity index is 2.50. The van der Waals surface area contributed by atoms with E-state index in [1.54, 1.807) is 0 Å². The predicted molar refractivity (Wildman–Crippen MR) is 71.0 cm³/mol. The molecule has 92 valence electrons. The number of carboxylic acid groups (broad SMARTS) is 1. The number of hydrogen-bond acceptors (Lipinski definition) is 3. The maximum absolute atomic E-state index is 10.7. The third kappa shape index (κ3) is 4.50. The van der Waals surface area contributed by atoms with Crippen LogP contribution in [0.3, 0.4) is 0 Å². The van der Waals surface area contributed by atoms with Crippen LogP contribution in [0.2, 0.25) is 0 Å². The Kier molecular flexibility index (Phi) is 5.06. The summed E-state index contributed by atoms with van der Waals surface area (Å²) in [4.78, 5) is 11.0. The standard InChI is InChI=1S/C12H16N2O2S/c1-8(12(15)16)14-11(17)10(13)7-9-5-3-2-4-6-9/h2-6,8,10H,7,13H2,1H3,(H,14,17)(H,15,16)/t8-,10-/m0/s1. The van der Waals surface area contributed by atoms with Gasteiger partial charge in [0.2, 0.25) is 0 Å². The van der Waals surface area contributed by atoms with Crippen LogP contribution in [0.4, 0.5) is 0 Å². The normalized spacial score (nSPS) is 13.8. The van der Waals surface area contributed by atoms with Crippen molar-refractivity contribution in [1.29, 1.82) is 0 Å². The summed E-state index contributed by atoms with van der Waals surface area (Å²) in [5.74, 6) is -0.945. The molecule has 0 amide bonds. The van der Waals surface area contributed by atoms with E-state index in [0.717, 1.165) is 5.56 Å². The van der Waals surface area contributed by atoms with E-state index in [0.29, 0.717) is 11.4 Å². The second-order valence-electron chi connectivity index (χ2n) is 3.86. The van der Waals surface area contributed by atoms with Crippen molar-refractivity contribution in [3.8, 4) is 0 Å². The molecule has 1 aromatic carbocycles. The Labute approximate surface area is 106 Å². The van der Waals surface area contributed by atoms with Gasteiger partial charge < -0.3 is 16.2 Å². The Morgan fingerprint density at radius 3 is 2.59 bits per heavy atom. The van der Waals surface area contributed by atoms with Gasteiger partial charge in [0.25, 0.3) is 0 Å². The molecule has 0 unspecified atom stereocenters. The minimum absolute atomic E-state index is 0.366. The zero-order valence-electron chi connectivity index (χ0n) is 9.59. The first-order valence-electron chi connectivity index (χ1n) is 5.33. The van der Waals surface area contributed by atoms with Crippen LogP contribution in [-0.4, -0.2) is 28.1 Å². The lowest BCUT2D eigenvalue weighted by molar-refractivity contribution is -0.138. The summed E-state index contributed by atoms with van der Waals surface area (Å²) in [6.07, 6.45) is 0.596. The largest absolute Gasteiger partial charge is 0.480 e. The topological polar surface area (TPSA) is 75.3 Å². The minimum atomic E-state index is -0.945. The highest BCUT2D eigenvalue weighted by atomic mass is 32.1. The lowest BCUT2D eigenvalue weighted by Gasteiger charge is -2.17. The average molecular weight is 252 g/mol. The van der Waals surface area contributed by atoms with Gasteiger partial charge in [0, 0.05) is 0 Å². The summed E-state index contributed by atoms with van der Waals surface area (Å²) >= 11 is 5.07. The molecule has 0 spiro atoms. The summed E-state index contributed by atoms with van der Waals surface area (Å²) in [7, 11) is 0. The summed E-state index contributed by atoms with van der Waals surface area (Å²) in [6.45, 7) is 1.53. The Morgan fingerprint density at radius 2 is 2.06 bits per heavy atom. The molecule has 1 rings (SSSR count). The molecule has 0 heterocycles. The van der Waals surface area contributed by atoms with E-state index in [2.05, 4.69) is 5.32 Å². The first kappa shape index (κ1) is 13.6. The summed E-state index contributed by atoms with van der Waals surface area (Å²) in [5, 5.41) is 11.4. The van der Waals surface area contributed by atoms with Crippen molar-refractivity contribution in [2.24, 2.45) is 5.73 Å². The molecule has 0 aliphatic heterocycles. The lowest BCUT2D eigenvalue weighted by Crippen LogP contribution is -2.46. The maximum Gasteiger partial charge on any atom is 0.325 e. The molecule has 17 heavy (non-hydrogen) atoms. The fraction of sp³-hybridized carbons (Fsp3) is 0.333. The van der Waals surface area contributed by atoms with Crippen molar-refractivity contribution in [2.75, 3.05) is 0 Å². The first-order chi connectivity index (χ1) is 8.00. The molecule has 0 bridgehead atoms. The number of nitrogens with one attached hydrogen (secondary N) is 1. The fourth-order valence-electron chi connectivity index (χ4n) is 1.34. The highest BCUT2D eigenvalue weighted by Crippen LogP contribution is 2.02. The number of rotatable bonds is 5. The van der Waals surface area contributed by atoms with Gasteiger partial charge in [-0.05, 0) is 18.9 Å². The van der Waals surface area contributed by atoms with Gasteiger partial charge in [0.15, 0.2) is 0 Å². The van der Waals surface area contributed by atoms with E-state index in [1.165, 1.54) is 6.92 Å². The Morgan fingerprint density at radius 1 is 1.47 bits per heavy atom. The third-order valence-corrected chi connectivity index (χ3v) is 2.79. The number of thiocarbonyl (C=S) groups is 1. The summed E-state index contributed by atoms with van der Waals surface area (Å²) in [5.41, 5.74) is 6.98. The van der Waals surface area contributed by atoms with Crippen LogP contribution < -0.4 is 11.1 Å². The molecular formula is C12H16N2O2S. The molecule has 2 atom stereocenters. The molecule has 0 fully saturated rings. The molecule has 4 N–H and O–H groups in total. The van der Waals surface area contributed by atoms with Crippen molar-refractivity contribution in [1.82, 2.24) is 5.32 Å². The van der Waals surface area contributed by atoms with Gasteiger partial charge in [0.1, 0.15) is 6.04 Å². The monoisotopic (exact) mass is 252 g/mol. The lowest BCUT2D eigenvalue weighted by atomic mass is 10.1. The quantitative estimate of drug-likeness (QED) is 0.680. The average Bonchev–Trinajstić information content (AvgIpc) is 2.29. The van der Waals surface area contributed by atoms with Gasteiger partial charge in [-0.15, -0.1) is 0 Å². The highest BCUT2D eigenvalue weighted by molar-refractivity contribution is 7.80. The SMILES string of the molecule is C[C@H](NC(=S)[C@@H](N)Cc1ccccc1)C(=O)O. The van der Waals surface area contributed by atoms with Crippen molar-refractivity contribution < 1.29 is 9.90 Å². The molecule has 5 heteroatoms. The van der Waals surface area contributed by atoms with Crippen LogP contribution in [0.1, 0.15) is 12.5 Å². The smallest absolute Gasteiger partial charge is 0.325 e. The number of carboxylic acids is 1. The van der Waals surface area contributed by atoms with E-state index in [1.807, 2.05) is 30.3 Å². The Hall–Kier alpha value is -1.46.